The number of hydrogen-bond donors (Lipinski definition) is 1. The highest BCUT2D eigenvalue weighted by atomic mass is 16.2. The number of amides is 1. The second-order valence-corrected chi connectivity index (χ2v) is 7.92. The van der Waals surface area contributed by atoms with Gasteiger partial charge >= 0.3 is 0 Å². The van der Waals surface area contributed by atoms with Crippen LogP contribution >= 0.6 is 0 Å². The molecule has 4 nitrogen and oxygen atoms in total. The van der Waals surface area contributed by atoms with E-state index in [1.54, 1.807) is 0 Å². The molecule has 4 aliphatic rings. The summed E-state index contributed by atoms with van der Waals surface area (Å²) in [7, 11) is 0. The third-order valence-electron chi connectivity index (χ3n) is 6.38. The van der Waals surface area contributed by atoms with Crippen LogP contribution in [0.1, 0.15) is 34.5 Å². The summed E-state index contributed by atoms with van der Waals surface area (Å²) >= 11 is 0. The lowest BCUT2D eigenvalue weighted by Gasteiger charge is -2.36. The molecule has 3 saturated heterocycles. The summed E-state index contributed by atoms with van der Waals surface area (Å²) in [5, 5.41) is 0. The van der Waals surface area contributed by atoms with Crippen molar-refractivity contribution < 1.29 is 4.79 Å². The van der Waals surface area contributed by atoms with Gasteiger partial charge in [-0.3, -0.25) is 9.69 Å². The Kier molecular flexibility index (Phi) is 3.66. The molecule has 2 aromatic rings. The van der Waals surface area contributed by atoms with Crippen molar-refractivity contribution in [1.29, 1.82) is 0 Å². The maximum atomic E-state index is 12.9. The molecule has 1 aromatic heterocycles. The topological polar surface area (TPSA) is 39.3 Å². The molecule has 4 heterocycles. The van der Waals surface area contributed by atoms with Gasteiger partial charge in [0.05, 0.1) is 0 Å². The molecule has 2 atom stereocenters. The molecular weight excluding hydrogens is 310 g/mol. The zero-order valence-electron chi connectivity index (χ0n) is 14.5. The minimum Gasteiger partial charge on any atom is -0.357 e. The van der Waals surface area contributed by atoms with Crippen molar-refractivity contribution in [1.82, 2.24) is 14.8 Å². The van der Waals surface area contributed by atoms with Gasteiger partial charge in [0, 0.05) is 37.9 Å². The molecule has 1 N–H and O–H groups in total. The van der Waals surface area contributed by atoms with Crippen molar-refractivity contribution in [2.75, 3.05) is 19.6 Å². The molecule has 1 aromatic carbocycles. The minimum atomic E-state index is 0.177. The molecule has 2 bridgehead atoms. The molecule has 1 aliphatic carbocycles. The Bertz CT molecular complexity index is 744. The molecule has 0 saturated carbocycles. The van der Waals surface area contributed by atoms with Crippen molar-refractivity contribution >= 4 is 5.91 Å². The summed E-state index contributed by atoms with van der Waals surface area (Å²) in [5.74, 6) is 0.789. The quantitative estimate of drug-likeness (QED) is 0.916. The number of carbonyl (C=O) groups excluding carboxylic acids is 1. The summed E-state index contributed by atoms with van der Waals surface area (Å²) < 4.78 is 0. The van der Waals surface area contributed by atoms with E-state index in [0.29, 0.717) is 18.0 Å². The van der Waals surface area contributed by atoms with E-state index in [-0.39, 0.29) is 5.91 Å². The molecule has 0 spiro atoms. The summed E-state index contributed by atoms with van der Waals surface area (Å²) in [4.78, 5) is 20.8. The number of hydrogen-bond acceptors (Lipinski definition) is 2. The Morgan fingerprint density at radius 2 is 1.72 bits per heavy atom. The van der Waals surface area contributed by atoms with Gasteiger partial charge in [0.15, 0.2) is 0 Å². The van der Waals surface area contributed by atoms with E-state index in [9.17, 15) is 4.79 Å². The molecule has 0 radical (unpaired) electrons. The van der Waals surface area contributed by atoms with E-state index in [1.807, 2.05) is 18.3 Å². The number of aromatic amines is 1. The SMILES string of the molecule is O=C(c1ccc[nH]1)N1C[C@@H]2CC[C@H]1CN(C1Cc3ccccc3C1)C2. The third kappa shape index (κ3) is 2.69. The largest absolute Gasteiger partial charge is 0.357 e. The second kappa shape index (κ2) is 6.03. The van der Waals surface area contributed by atoms with Gasteiger partial charge in [-0.2, -0.15) is 0 Å². The van der Waals surface area contributed by atoms with Gasteiger partial charge in [-0.05, 0) is 54.9 Å². The zero-order chi connectivity index (χ0) is 16.8. The average molecular weight is 335 g/mol. The van der Waals surface area contributed by atoms with Gasteiger partial charge in [-0.15, -0.1) is 0 Å². The van der Waals surface area contributed by atoms with Crippen LogP contribution in [-0.2, 0) is 12.8 Å². The summed E-state index contributed by atoms with van der Waals surface area (Å²) in [5.41, 5.74) is 3.76. The lowest BCUT2D eigenvalue weighted by molar-refractivity contribution is 0.0576. The highest BCUT2D eigenvalue weighted by Gasteiger charge is 2.40. The van der Waals surface area contributed by atoms with Crippen molar-refractivity contribution in [3.8, 4) is 0 Å². The Balaban J connectivity index is 1.34. The number of fused-ring (bicyclic) bond motifs is 5. The number of nitrogens with zero attached hydrogens (tertiary/aromatic N) is 2. The fraction of sp³-hybridized carbons (Fsp3) is 0.476. The normalized spacial score (nSPS) is 26.6. The van der Waals surface area contributed by atoms with E-state index in [0.717, 1.165) is 31.7 Å². The Morgan fingerprint density at radius 1 is 0.920 bits per heavy atom. The van der Waals surface area contributed by atoms with Crippen LogP contribution in [0.15, 0.2) is 42.6 Å². The Labute approximate surface area is 148 Å². The first-order valence-electron chi connectivity index (χ1n) is 9.53. The summed E-state index contributed by atoms with van der Waals surface area (Å²) in [6, 6.07) is 13.6. The van der Waals surface area contributed by atoms with Crippen LogP contribution < -0.4 is 0 Å². The molecular formula is C21H25N3O. The van der Waals surface area contributed by atoms with E-state index in [1.165, 1.54) is 30.4 Å². The number of piperidine rings is 1. The molecule has 3 aliphatic heterocycles. The first-order valence-corrected chi connectivity index (χ1v) is 9.53. The lowest BCUT2D eigenvalue weighted by atomic mass is 9.94. The van der Waals surface area contributed by atoms with E-state index < -0.39 is 0 Å². The lowest BCUT2D eigenvalue weighted by Crippen LogP contribution is -2.48. The number of H-pyrrole nitrogens is 1. The fourth-order valence-electron chi connectivity index (χ4n) is 5.08. The molecule has 4 heteroatoms. The van der Waals surface area contributed by atoms with Crippen LogP contribution in [0.25, 0.3) is 0 Å². The maximum absolute atomic E-state index is 12.9. The van der Waals surface area contributed by atoms with Gasteiger partial charge < -0.3 is 9.88 Å². The predicted molar refractivity (Wildman–Crippen MR) is 97.6 cm³/mol. The highest BCUT2D eigenvalue weighted by molar-refractivity contribution is 5.92. The van der Waals surface area contributed by atoms with E-state index in [2.05, 4.69) is 39.0 Å². The molecule has 0 unspecified atom stereocenters. The van der Waals surface area contributed by atoms with Crippen molar-refractivity contribution in [2.45, 2.75) is 37.8 Å². The molecule has 6 rings (SSSR count). The monoisotopic (exact) mass is 335 g/mol. The Morgan fingerprint density at radius 3 is 2.44 bits per heavy atom. The third-order valence-corrected chi connectivity index (χ3v) is 6.38. The fourth-order valence-corrected chi connectivity index (χ4v) is 5.08. The van der Waals surface area contributed by atoms with Crippen LogP contribution in [0.4, 0.5) is 0 Å². The number of aromatic nitrogens is 1. The van der Waals surface area contributed by atoms with Crippen LogP contribution in [-0.4, -0.2) is 52.4 Å². The molecule has 3 fully saturated rings. The molecule has 1 amide bonds. The standard InChI is InChI=1S/C21H25N3O/c25-21(20-6-3-9-22-20)24-13-15-7-8-18(24)14-23(12-15)19-10-16-4-1-2-5-17(16)11-19/h1-6,9,15,18-19,22H,7-8,10-14H2/t15-,18+/m1/s1. The Hall–Kier alpha value is -2.07. The first-order chi connectivity index (χ1) is 12.3. The minimum absolute atomic E-state index is 0.177. The highest BCUT2D eigenvalue weighted by Crippen LogP contribution is 2.33. The number of benzene rings is 1. The van der Waals surface area contributed by atoms with Gasteiger partial charge in [-0.25, -0.2) is 0 Å². The number of carbonyl (C=O) groups is 1. The van der Waals surface area contributed by atoms with E-state index >= 15 is 0 Å². The predicted octanol–water partition coefficient (Wildman–Crippen LogP) is 2.72. The van der Waals surface area contributed by atoms with Crippen LogP contribution in [0.5, 0.6) is 0 Å². The van der Waals surface area contributed by atoms with Gasteiger partial charge in [0.25, 0.3) is 5.91 Å². The number of nitrogens with one attached hydrogen (secondary N) is 1. The smallest absolute Gasteiger partial charge is 0.270 e. The van der Waals surface area contributed by atoms with E-state index in [4.69, 9.17) is 0 Å². The maximum Gasteiger partial charge on any atom is 0.270 e. The van der Waals surface area contributed by atoms with Crippen molar-refractivity contribution in [3.63, 3.8) is 0 Å². The summed E-state index contributed by atoms with van der Waals surface area (Å²) in [6.07, 6.45) is 6.58. The van der Waals surface area contributed by atoms with Crippen LogP contribution in [0.3, 0.4) is 0 Å². The van der Waals surface area contributed by atoms with Gasteiger partial charge in [-0.1, -0.05) is 24.3 Å². The van der Waals surface area contributed by atoms with Gasteiger partial charge in [0.1, 0.15) is 5.69 Å². The summed E-state index contributed by atoms with van der Waals surface area (Å²) in [6.45, 7) is 3.09. The molecule has 130 valence electrons. The van der Waals surface area contributed by atoms with Gasteiger partial charge in [0.2, 0.25) is 0 Å². The van der Waals surface area contributed by atoms with Crippen LogP contribution in [0, 0.1) is 5.92 Å². The average Bonchev–Trinajstić information content (AvgIpc) is 3.23. The number of rotatable bonds is 2. The van der Waals surface area contributed by atoms with Crippen LogP contribution in [0.2, 0.25) is 0 Å². The zero-order valence-corrected chi connectivity index (χ0v) is 14.5. The second-order valence-electron chi connectivity index (χ2n) is 7.92. The van der Waals surface area contributed by atoms with Crippen molar-refractivity contribution in [3.05, 3.63) is 59.4 Å². The van der Waals surface area contributed by atoms with Crippen molar-refractivity contribution in [2.24, 2.45) is 5.92 Å². The first kappa shape index (κ1) is 15.2. The molecule has 25 heavy (non-hydrogen) atoms.